The van der Waals surface area contributed by atoms with E-state index in [2.05, 4.69) is 40.4 Å². The van der Waals surface area contributed by atoms with Crippen LogP contribution in [0.15, 0.2) is 29.3 Å². The average Bonchev–Trinajstić information content (AvgIpc) is 3.03. The Morgan fingerprint density at radius 3 is 2.71 bits per heavy atom. The van der Waals surface area contributed by atoms with Crippen LogP contribution in [0.4, 0.5) is 0 Å². The van der Waals surface area contributed by atoms with Crippen molar-refractivity contribution in [1.82, 2.24) is 15.5 Å². The Balaban J connectivity index is 0.00000288. The van der Waals surface area contributed by atoms with Gasteiger partial charge in [-0.1, -0.05) is 30.7 Å². The van der Waals surface area contributed by atoms with Gasteiger partial charge in [0.1, 0.15) is 0 Å². The van der Waals surface area contributed by atoms with Gasteiger partial charge in [-0.2, -0.15) is 0 Å². The predicted octanol–water partition coefficient (Wildman–Crippen LogP) is 3.75. The van der Waals surface area contributed by atoms with Gasteiger partial charge >= 0.3 is 0 Å². The van der Waals surface area contributed by atoms with Crippen molar-refractivity contribution in [3.05, 3.63) is 34.9 Å². The fraction of sp³-hybridized carbons (Fsp3) is 0.611. The first-order chi connectivity index (χ1) is 11.2. The molecule has 1 atom stereocenters. The van der Waals surface area contributed by atoms with Crippen LogP contribution in [0.25, 0.3) is 0 Å². The molecule has 1 aliphatic heterocycles. The third-order valence-corrected chi connectivity index (χ3v) is 4.27. The highest BCUT2D eigenvalue weighted by atomic mass is 127. The summed E-state index contributed by atoms with van der Waals surface area (Å²) in [5.74, 6) is 1.49. The summed E-state index contributed by atoms with van der Waals surface area (Å²) in [6.45, 7) is 10.5. The van der Waals surface area contributed by atoms with Crippen molar-refractivity contribution in [2.45, 2.75) is 33.2 Å². The standard InChI is InChI=1S/C18H29ClN4.HI/c1-3-20-18(22-13-16-7-6-8-17(19)11-16)21-12-15(2)14-23-9-4-5-10-23;/h6-8,11,15H,3-5,9-10,12-14H2,1-2H3,(H2,20,21,22);1H. The molecule has 2 N–H and O–H groups in total. The molecule has 0 spiro atoms. The molecule has 1 saturated heterocycles. The van der Waals surface area contributed by atoms with Crippen molar-refractivity contribution in [2.24, 2.45) is 10.9 Å². The van der Waals surface area contributed by atoms with Crippen molar-refractivity contribution in [2.75, 3.05) is 32.7 Å². The number of hydrogen-bond donors (Lipinski definition) is 2. The minimum absolute atomic E-state index is 0. The molecular formula is C18H30ClIN4. The van der Waals surface area contributed by atoms with Gasteiger partial charge in [0, 0.05) is 24.7 Å². The van der Waals surface area contributed by atoms with Crippen LogP contribution in [0.2, 0.25) is 5.02 Å². The van der Waals surface area contributed by atoms with Gasteiger partial charge < -0.3 is 15.5 Å². The molecule has 0 aromatic heterocycles. The van der Waals surface area contributed by atoms with E-state index in [-0.39, 0.29) is 24.0 Å². The zero-order valence-electron chi connectivity index (χ0n) is 14.7. The molecule has 0 saturated carbocycles. The van der Waals surface area contributed by atoms with Crippen LogP contribution in [0.1, 0.15) is 32.3 Å². The Morgan fingerprint density at radius 1 is 1.29 bits per heavy atom. The Labute approximate surface area is 168 Å². The fourth-order valence-corrected chi connectivity index (χ4v) is 3.10. The lowest BCUT2D eigenvalue weighted by Crippen LogP contribution is -2.41. The molecule has 136 valence electrons. The van der Waals surface area contributed by atoms with Gasteiger partial charge in [-0.05, 0) is 56.5 Å². The van der Waals surface area contributed by atoms with Crippen LogP contribution in [0, 0.1) is 5.92 Å². The van der Waals surface area contributed by atoms with E-state index in [0.29, 0.717) is 12.5 Å². The maximum atomic E-state index is 6.02. The second-order valence-corrected chi connectivity index (χ2v) is 6.76. The number of likely N-dealkylation sites (tertiary alicyclic amines) is 1. The zero-order chi connectivity index (χ0) is 16.5. The second kappa shape index (κ2) is 11.9. The van der Waals surface area contributed by atoms with Gasteiger partial charge in [0.15, 0.2) is 5.96 Å². The van der Waals surface area contributed by atoms with Crippen LogP contribution in [0.3, 0.4) is 0 Å². The average molecular weight is 465 g/mol. The number of benzene rings is 1. The molecule has 6 heteroatoms. The normalized spacial score (nSPS) is 16.5. The summed E-state index contributed by atoms with van der Waals surface area (Å²) in [4.78, 5) is 7.21. The number of hydrogen-bond acceptors (Lipinski definition) is 2. The zero-order valence-corrected chi connectivity index (χ0v) is 17.8. The van der Waals surface area contributed by atoms with E-state index < -0.39 is 0 Å². The predicted molar refractivity (Wildman–Crippen MR) is 115 cm³/mol. The van der Waals surface area contributed by atoms with Crippen molar-refractivity contribution in [3.8, 4) is 0 Å². The van der Waals surface area contributed by atoms with Crippen LogP contribution in [-0.4, -0.2) is 43.6 Å². The molecule has 1 aromatic rings. The maximum absolute atomic E-state index is 6.02. The summed E-state index contributed by atoms with van der Waals surface area (Å²) in [7, 11) is 0. The van der Waals surface area contributed by atoms with E-state index in [4.69, 9.17) is 11.6 Å². The highest BCUT2D eigenvalue weighted by Crippen LogP contribution is 2.11. The van der Waals surface area contributed by atoms with Crippen LogP contribution in [0.5, 0.6) is 0 Å². The molecule has 0 aliphatic carbocycles. The lowest BCUT2D eigenvalue weighted by atomic mass is 10.1. The molecule has 24 heavy (non-hydrogen) atoms. The molecule has 0 radical (unpaired) electrons. The number of rotatable bonds is 7. The smallest absolute Gasteiger partial charge is 0.191 e. The summed E-state index contributed by atoms with van der Waals surface area (Å²) in [5, 5.41) is 7.53. The number of aliphatic imine (C=N–C) groups is 1. The molecule has 1 aliphatic rings. The highest BCUT2D eigenvalue weighted by Gasteiger charge is 2.14. The second-order valence-electron chi connectivity index (χ2n) is 6.32. The van der Waals surface area contributed by atoms with E-state index in [1.165, 1.54) is 32.5 Å². The van der Waals surface area contributed by atoms with Gasteiger partial charge in [-0.3, -0.25) is 0 Å². The van der Waals surface area contributed by atoms with Crippen molar-refractivity contribution in [1.29, 1.82) is 0 Å². The molecular weight excluding hydrogens is 435 g/mol. The molecule has 0 amide bonds. The molecule has 1 fully saturated rings. The van der Waals surface area contributed by atoms with Gasteiger partial charge in [0.2, 0.25) is 0 Å². The van der Waals surface area contributed by atoms with E-state index in [1.807, 2.05) is 18.2 Å². The number of halogens is 2. The maximum Gasteiger partial charge on any atom is 0.191 e. The minimum atomic E-state index is 0. The fourth-order valence-electron chi connectivity index (χ4n) is 2.89. The van der Waals surface area contributed by atoms with Gasteiger partial charge in [-0.25, -0.2) is 4.99 Å². The third kappa shape index (κ3) is 8.03. The summed E-state index contributed by atoms with van der Waals surface area (Å²) in [6.07, 6.45) is 2.70. The summed E-state index contributed by atoms with van der Waals surface area (Å²) in [6, 6.07) is 7.86. The number of guanidine groups is 1. The number of nitrogens with one attached hydrogen (secondary N) is 2. The van der Waals surface area contributed by atoms with E-state index in [0.717, 1.165) is 29.6 Å². The van der Waals surface area contributed by atoms with Crippen molar-refractivity contribution >= 4 is 41.5 Å². The molecule has 1 aromatic carbocycles. The van der Waals surface area contributed by atoms with Crippen molar-refractivity contribution in [3.63, 3.8) is 0 Å². The number of nitrogens with zero attached hydrogens (tertiary/aromatic N) is 2. The van der Waals surface area contributed by atoms with Gasteiger partial charge in [0.25, 0.3) is 0 Å². The van der Waals surface area contributed by atoms with Crippen molar-refractivity contribution < 1.29 is 0 Å². The molecule has 2 rings (SSSR count). The first-order valence-corrected chi connectivity index (χ1v) is 9.04. The first kappa shape index (κ1) is 21.5. The SMILES string of the molecule is CCNC(=NCc1cccc(Cl)c1)NCC(C)CN1CCCC1.I. The largest absolute Gasteiger partial charge is 0.357 e. The van der Waals surface area contributed by atoms with E-state index in [1.54, 1.807) is 0 Å². The molecule has 1 unspecified atom stereocenters. The minimum Gasteiger partial charge on any atom is -0.357 e. The Bertz CT molecular complexity index is 504. The van der Waals surface area contributed by atoms with Gasteiger partial charge in [-0.15, -0.1) is 24.0 Å². The van der Waals surface area contributed by atoms with E-state index >= 15 is 0 Å². The third-order valence-electron chi connectivity index (χ3n) is 4.04. The quantitative estimate of drug-likeness (QED) is 0.367. The molecule has 0 bridgehead atoms. The Morgan fingerprint density at radius 2 is 2.04 bits per heavy atom. The monoisotopic (exact) mass is 464 g/mol. The summed E-state index contributed by atoms with van der Waals surface area (Å²) in [5.41, 5.74) is 1.12. The topological polar surface area (TPSA) is 39.7 Å². The van der Waals surface area contributed by atoms with Crippen LogP contribution < -0.4 is 10.6 Å². The van der Waals surface area contributed by atoms with Crippen LogP contribution >= 0.6 is 35.6 Å². The first-order valence-electron chi connectivity index (χ1n) is 8.66. The Hall–Kier alpha value is -0.530. The van der Waals surface area contributed by atoms with E-state index in [9.17, 15) is 0 Å². The van der Waals surface area contributed by atoms with Crippen LogP contribution in [-0.2, 0) is 6.54 Å². The highest BCUT2D eigenvalue weighted by molar-refractivity contribution is 14.0. The Kier molecular flexibility index (Phi) is 10.7. The molecule has 1 heterocycles. The van der Waals surface area contributed by atoms with Gasteiger partial charge in [0.05, 0.1) is 6.54 Å². The lowest BCUT2D eigenvalue weighted by molar-refractivity contribution is 0.287. The summed E-state index contributed by atoms with van der Waals surface area (Å²) < 4.78 is 0. The molecule has 4 nitrogen and oxygen atoms in total. The summed E-state index contributed by atoms with van der Waals surface area (Å²) >= 11 is 6.02. The lowest BCUT2D eigenvalue weighted by Gasteiger charge is -2.21.